The van der Waals surface area contributed by atoms with Crippen LogP contribution >= 0.6 is 11.6 Å². The Morgan fingerprint density at radius 3 is 2.32 bits per heavy atom. The Morgan fingerprint density at radius 2 is 1.53 bits per heavy atom. The molecule has 1 heterocycles. The minimum atomic E-state index is -0.0404. The van der Waals surface area contributed by atoms with E-state index in [1.165, 1.54) is 12.3 Å². The summed E-state index contributed by atoms with van der Waals surface area (Å²) in [6.07, 6.45) is 1.53. The van der Waals surface area contributed by atoms with Crippen LogP contribution in [-0.4, -0.2) is 4.98 Å². The molecule has 0 unspecified atom stereocenters. The molecule has 0 atom stereocenters. The fourth-order valence-electron chi connectivity index (χ4n) is 2.11. The van der Waals surface area contributed by atoms with Crippen molar-refractivity contribution < 1.29 is 0 Å². The number of aromatic nitrogens is 1. The highest BCUT2D eigenvalue weighted by molar-refractivity contribution is 6.33. The van der Waals surface area contributed by atoms with Crippen LogP contribution in [0.25, 0.3) is 22.0 Å². The molecular weight excluding hydrogens is 258 g/mol. The van der Waals surface area contributed by atoms with E-state index in [0.717, 1.165) is 16.6 Å². The molecule has 0 amide bonds. The van der Waals surface area contributed by atoms with Crippen LogP contribution in [0.15, 0.2) is 65.6 Å². The summed E-state index contributed by atoms with van der Waals surface area (Å²) in [6.45, 7) is 0. The highest BCUT2D eigenvalue weighted by atomic mass is 35.5. The lowest BCUT2D eigenvalue weighted by atomic mass is 10.1. The Kier molecular flexibility index (Phi) is 3.02. The van der Waals surface area contributed by atoms with Crippen molar-refractivity contribution in [1.82, 2.24) is 4.98 Å². The molecule has 92 valence electrons. The highest BCUT2D eigenvalue weighted by Gasteiger charge is 2.08. The van der Waals surface area contributed by atoms with Gasteiger partial charge in [0.05, 0.1) is 5.69 Å². The zero-order valence-electron chi connectivity index (χ0n) is 10.0. The van der Waals surface area contributed by atoms with Crippen molar-refractivity contribution in [3.05, 3.63) is 76.0 Å². The van der Waals surface area contributed by atoms with Crippen molar-refractivity contribution in [1.29, 1.82) is 0 Å². The molecule has 19 heavy (non-hydrogen) atoms. The van der Waals surface area contributed by atoms with Gasteiger partial charge in [-0.15, -0.1) is 0 Å². The predicted octanol–water partition coefficient (Wildman–Crippen LogP) is 3.92. The van der Waals surface area contributed by atoms with Crippen LogP contribution in [0.5, 0.6) is 0 Å². The summed E-state index contributed by atoms with van der Waals surface area (Å²) >= 11 is 6.22. The maximum atomic E-state index is 12.0. The van der Waals surface area contributed by atoms with Gasteiger partial charge in [-0.3, -0.25) is 9.78 Å². The fourth-order valence-corrected chi connectivity index (χ4v) is 2.34. The van der Waals surface area contributed by atoms with Crippen LogP contribution < -0.4 is 5.43 Å². The van der Waals surface area contributed by atoms with Gasteiger partial charge in [0.15, 0.2) is 5.43 Å². The van der Waals surface area contributed by atoms with Gasteiger partial charge in [0, 0.05) is 33.6 Å². The van der Waals surface area contributed by atoms with Crippen LogP contribution in [-0.2, 0) is 0 Å². The molecule has 0 aliphatic carbocycles. The second-order valence-corrected chi connectivity index (χ2v) is 4.59. The van der Waals surface area contributed by atoms with E-state index >= 15 is 0 Å². The summed E-state index contributed by atoms with van der Waals surface area (Å²) in [4.78, 5) is 16.4. The Hall–Kier alpha value is -2.19. The molecule has 0 aliphatic heterocycles. The molecule has 3 heteroatoms. The van der Waals surface area contributed by atoms with Crippen LogP contribution in [0.4, 0.5) is 0 Å². The largest absolute Gasteiger partial charge is 0.289 e. The van der Waals surface area contributed by atoms with E-state index in [4.69, 9.17) is 11.6 Å². The lowest BCUT2D eigenvalue weighted by molar-refractivity contribution is 1.37. The van der Waals surface area contributed by atoms with Gasteiger partial charge in [0.25, 0.3) is 0 Å². The smallest absolute Gasteiger partial charge is 0.188 e. The summed E-state index contributed by atoms with van der Waals surface area (Å²) in [5.74, 6) is 0. The Morgan fingerprint density at radius 1 is 0.842 bits per heavy atom. The van der Waals surface area contributed by atoms with Crippen molar-refractivity contribution in [2.45, 2.75) is 0 Å². The summed E-state index contributed by atoms with van der Waals surface area (Å²) in [7, 11) is 0. The van der Waals surface area contributed by atoms with Gasteiger partial charge < -0.3 is 0 Å². The molecule has 0 N–H and O–H groups in total. The Balaban J connectivity index is 2.47. The fraction of sp³-hybridized carbons (Fsp3) is 0. The van der Waals surface area contributed by atoms with Crippen LogP contribution in [0.2, 0.25) is 5.02 Å². The van der Waals surface area contributed by atoms with E-state index in [0.29, 0.717) is 10.4 Å². The molecule has 2 nitrogen and oxygen atoms in total. The van der Waals surface area contributed by atoms with Gasteiger partial charge in [-0.2, -0.15) is 0 Å². The van der Waals surface area contributed by atoms with Crippen molar-refractivity contribution >= 4 is 22.4 Å². The molecule has 2 aromatic carbocycles. The Labute approximate surface area is 115 Å². The molecule has 0 aliphatic rings. The SMILES string of the molecule is O=c1ccnc(-c2ccccc2Cl)c2ccccc12. The van der Waals surface area contributed by atoms with E-state index in [9.17, 15) is 4.79 Å². The number of hydrogen-bond donors (Lipinski definition) is 0. The summed E-state index contributed by atoms with van der Waals surface area (Å²) in [5.41, 5.74) is 1.51. The first-order valence-corrected chi connectivity index (χ1v) is 6.28. The van der Waals surface area contributed by atoms with Gasteiger partial charge in [0.2, 0.25) is 0 Å². The van der Waals surface area contributed by atoms with E-state index in [1.807, 2.05) is 42.5 Å². The first-order valence-electron chi connectivity index (χ1n) is 5.90. The van der Waals surface area contributed by atoms with Crippen molar-refractivity contribution in [2.75, 3.05) is 0 Å². The Bertz CT molecular complexity index is 814. The third-order valence-corrected chi connectivity index (χ3v) is 3.34. The second kappa shape index (κ2) is 4.82. The number of fused-ring (bicyclic) bond motifs is 1. The molecular formula is C16H10ClNO. The normalized spacial score (nSPS) is 10.6. The number of benzene rings is 2. The first-order chi connectivity index (χ1) is 9.27. The minimum absolute atomic E-state index is 0.0404. The van der Waals surface area contributed by atoms with Crippen molar-refractivity contribution in [2.24, 2.45) is 0 Å². The van der Waals surface area contributed by atoms with E-state index in [2.05, 4.69) is 4.98 Å². The average Bonchev–Trinajstić information content (AvgIpc) is 2.60. The van der Waals surface area contributed by atoms with Gasteiger partial charge in [0.1, 0.15) is 0 Å². The van der Waals surface area contributed by atoms with E-state index in [1.54, 1.807) is 6.07 Å². The zero-order chi connectivity index (χ0) is 13.2. The summed E-state index contributed by atoms with van der Waals surface area (Å²) < 4.78 is 0. The molecule has 0 bridgehead atoms. The number of halogens is 1. The van der Waals surface area contributed by atoms with Gasteiger partial charge >= 0.3 is 0 Å². The number of nitrogens with zero attached hydrogens (tertiary/aromatic N) is 1. The highest BCUT2D eigenvalue weighted by Crippen LogP contribution is 2.29. The van der Waals surface area contributed by atoms with Gasteiger partial charge in [-0.25, -0.2) is 0 Å². The lowest BCUT2D eigenvalue weighted by Gasteiger charge is -2.03. The monoisotopic (exact) mass is 267 g/mol. The number of rotatable bonds is 1. The summed E-state index contributed by atoms with van der Waals surface area (Å²) in [6, 6.07) is 16.4. The van der Waals surface area contributed by atoms with Gasteiger partial charge in [-0.1, -0.05) is 54.1 Å². The van der Waals surface area contributed by atoms with Crippen LogP contribution in [0, 0.1) is 0 Å². The molecule has 3 rings (SSSR count). The zero-order valence-corrected chi connectivity index (χ0v) is 10.8. The lowest BCUT2D eigenvalue weighted by Crippen LogP contribution is -1.94. The standard InChI is InChI=1S/C16H10ClNO/c17-14-8-4-3-7-13(14)16-12-6-2-1-5-11(12)15(19)9-10-18-16/h1-10H. The molecule has 0 saturated heterocycles. The van der Waals surface area contributed by atoms with E-state index < -0.39 is 0 Å². The predicted molar refractivity (Wildman–Crippen MR) is 78.5 cm³/mol. The van der Waals surface area contributed by atoms with Gasteiger partial charge in [-0.05, 0) is 6.07 Å². The van der Waals surface area contributed by atoms with E-state index in [-0.39, 0.29) is 5.43 Å². The molecule has 0 radical (unpaired) electrons. The molecule has 0 fully saturated rings. The minimum Gasteiger partial charge on any atom is -0.289 e. The summed E-state index contributed by atoms with van der Waals surface area (Å²) in [5, 5.41) is 2.08. The topological polar surface area (TPSA) is 30.0 Å². The van der Waals surface area contributed by atoms with Crippen LogP contribution in [0.3, 0.4) is 0 Å². The quantitative estimate of drug-likeness (QED) is 0.669. The molecule has 3 aromatic rings. The third-order valence-electron chi connectivity index (χ3n) is 3.01. The molecule has 0 spiro atoms. The van der Waals surface area contributed by atoms with Crippen LogP contribution in [0.1, 0.15) is 0 Å². The second-order valence-electron chi connectivity index (χ2n) is 4.18. The number of hydrogen-bond acceptors (Lipinski definition) is 2. The third kappa shape index (κ3) is 2.11. The van der Waals surface area contributed by atoms with Crippen molar-refractivity contribution in [3.63, 3.8) is 0 Å². The maximum absolute atomic E-state index is 12.0. The molecule has 0 saturated carbocycles. The molecule has 1 aromatic heterocycles. The maximum Gasteiger partial charge on any atom is 0.188 e. The first kappa shape index (κ1) is 11.9. The van der Waals surface area contributed by atoms with Crippen molar-refractivity contribution in [3.8, 4) is 11.3 Å². The average molecular weight is 268 g/mol.